The van der Waals surface area contributed by atoms with Crippen LogP contribution in [0.1, 0.15) is 33.2 Å². The van der Waals surface area contributed by atoms with Crippen LogP contribution in [-0.4, -0.2) is 33.9 Å². The van der Waals surface area contributed by atoms with Gasteiger partial charge in [0.2, 0.25) is 0 Å². The molecule has 0 radical (unpaired) electrons. The number of thiazole rings is 2. The van der Waals surface area contributed by atoms with Crippen LogP contribution in [0.2, 0.25) is 0 Å². The fourth-order valence-electron chi connectivity index (χ4n) is 2.67. The van der Waals surface area contributed by atoms with Gasteiger partial charge in [-0.1, -0.05) is 0 Å². The highest BCUT2D eigenvalue weighted by atomic mass is 32.1. The van der Waals surface area contributed by atoms with Crippen molar-refractivity contribution in [1.29, 1.82) is 0 Å². The number of hydrogen-bond acceptors (Lipinski definition) is 5. The summed E-state index contributed by atoms with van der Waals surface area (Å²) in [4.78, 5) is 23.8. The van der Waals surface area contributed by atoms with Crippen LogP contribution in [0, 0.1) is 12.8 Å². The van der Waals surface area contributed by atoms with Gasteiger partial charge in [0.1, 0.15) is 4.88 Å². The Balaban J connectivity index is 1.66. The number of aromatic nitrogens is 2. The second-order valence-electron chi connectivity index (χ2n) is 5.16. The topological polar surface area (TPSA) is 46.1 Å². The molecule has 1 atom stereocenters. The zero-order valence-corrected chi connectivity index (χ0v) is 13.0. The second kappa shape index (κ2) is 6.01. The molecule has 0 N–H and O–H groups in total. The standard InChI is InChI=1S/C14H17N3OS2/c1-10-13(20-9-16-10)14(18)17-5-2-3-11(8-17)7-12-15-4-6-19-12/h4,6,9,11H,2-3,5,7-8H2,1H3/t11-/m1/s1. The maximum Gasteiger partial charge on any atom is 0.265 e. The van der Waals surface area contributed by atoms with Crippen LogP contribution >= 0.6 is 22.7 Å². The molecule has 0 spiro atoms. The first-order valence-electron chi connectivity index (χ1n) is 6.82. The predicted molar refractivity (Wildman–Crippen MR) is 81.3 cm³/mol. The van der Waals surface area contributed by atoms with E-state index in [-0.39, 0.29) is 5.91 Å². The van der Waals surface area contributed by atoms with Crippen molar-refractivity contribution in [2.45, 2.75) is 26.2 Å². The van der Waals surface area contributed by atoms with Gasteiger partial charge < -0.3 is 4.90 Å². The summed E-state index contributed by atoms with van der Waals surface area (Å²) in [5.74, 6) is 0.681. The molecular formula is C14H17N3OS2. The van der Waals surface area contributed by atoms with Gasteiger partial charge in [-0.3, -0.25) is 4.79 Å². The number of nitrogens with zero attached hydrogens (tertiary/aromatic N) is 3. The minimum Gasteiger partial charge on any atom is -0.338 e. The molecular weight excluding hydrogens is 290 g/mol. The third-order valence-electron chi connectivity index (χ3n) is 3.69. The quantitative estimate of drug-likeness (QED) is 0.875. The predicted octanol–water partition coefficient (Wildman–Crippen LogP) is 3.00. The lowest BCUT2D eigenvalue weighted by atomic mass is 9.95. The van der Waals surface area contributed by atoms with Crippen molar-refractivity contribution in [2.24, 2.45) is 5.92 Å². The van der Waals surface area contributed by atoms with E-state index in [2.05, 4.69) is 9.97 Å². The van der Waals surface area contributed by atoms with Crippen molar-refractivity contribution in [1.82, 2.24) is 14.9 Å². The Morgan fingerprint density at radius 1 is 1.45 bits per heavy atom. The van der Waals surface area contributed by atoms with Crippen molar-refractivity contribution >= 4 is 28.6 Å². The molecule has 0 aliphatic carbocycles. The Labute approximate surface area is 126 Å². The van der Waals surface area contributed by atoms with Crippen molar-refractivity contribution in [3.05, 3.63) is 32.7 Å². The van der Waals surface area contributed by atoms with E-state index in [1.165, 1.54) is 22.8 Å². The molecule has 2 aromatic rings. The number of hydrogen-bond donors (Lipinski definition) is 0. The molecule has 2 aromatic heterocycles. The SMILES string of the molecule is Cc1ncsc1C(=O)N1CCC[C@H](Cc2nccs2)C1. The Hall–Kier alpha value is -1.27. The van der Waals surface area contributed by atoms with Crippen LogP contribution in [-0.2, 0) is 6.42 Å². The number of aryl methyl sites for hydroxylation is 1. The van der Waals surface area contributed by atoms with E-state index in [4.69, 9.17) is 0 Å². The minimum atomic E-state index is 0.147. The summed E-state index contributed by atoms with van der Waals surface area (Å²) >= 11 is 3.15. The van der Waals surface area contributed by atoms with E-state index in [9.17, 15) is 4.79 Å². The molecule has 1 fully saturated rings. The normalized spacial score (nSPS) is 19.2. The summed E-state index contributed by atoms with van der Waals surface area (Å²) in [5, 5.41) is 3.19. The Morgan fingerprint density at radius 2 is 2.35 bits per heavy atom. The van der Waals surface area contributed by atoms with Gasteiger partial charge in [-0.15, -0.1) is 22.7 Å². The summed E-state index contributed by atoms with van der Waals surface area (Å²) in [6.07, 6.45) is 5.11. The van der Waals surface area contributed by atoms with Gasteiger partial charge in [0, 0.05) is 31.1 Å². The monoisotopic (exact) mass is 307 g/mol. The van der Waals surface area contributed by atoms with Gasteiger partial charge in [0.25, 0.3) is 5.91 Å². The van der Waals surface area contributed by atoms with Gasteiger partial charge in [0.15, 0.2) is 0 Å². The number of rotatable bonds is 3. The molecule has 0 aromatic carbocycles. The maximum atomic E-state index is 12.5. The summed E-state index contributed by atoms with van der Waals surface area (Å²) < 4.78 is 0. The van der Waals surface area contributed by atoms with Crippen LogP contribution in [0.3, 0.4) is 0 Å². The Bertz CT molecular complexity index is 579. The summed E-state index contributed by atoms with van der Waals surface area (Å²) in [6.45, 7) is 3.61. The minimum absolute atomic E-state index is 0.147. The first-order valence-corrected chi connectivity index (χ1v) is 8.57. The lowest BCUT2D eigenvalue weighted by molar-refractivity contribution is 0.0677. The third-order valence-corrected chi connectivity index (χ3v) is 5.41. The molecule has 1 aliphatic heterocycles. The number of piperidine rings is 1. The largest absolute Gasteiger partial charge is 0.338 e. The highest BCUT2D eigenvalue weighted by molar-refractivity contribution is 7.11. The molecule has 3 rings (SSSR count). The Morgan fingerprint density at radius 3 is 3.05 bits per heavy atom. The molecule has 1 aliphatic rings. The van der Waals surface area contributed by atoms with Crippen LogP contribution in [0.15, 0.2) is 17.1 Å². The summed E-state index contributed by atoms with van der Waals surface area (Å²) in [6, 6.07) is 0. The molecule has 3 heterocycles. The van der Waals surface area contributed by atoms with Crippen molar-refractivity contribution in [3.8, 4) is 0 Å². The zero-order valence-electron chi connectivity index (χ0n) is 11.4. The molecule has 0 bridgehead atoms. The molecule has 20 heavy (non-hydrogen) atoms. The van der Waals surface area contributed by atoms with E-state index < -0.39 is 0 Å². The van der Waals surface area contributed by atoms with Crippen LogP contribution in [0.4, 0.5) is 0 Å². The van der Waals surface area contributed by atoms with E-state index in [1.807, 2.05) is 23.4 Å². The number of likely N-dealkylation sites (tertiary alicyclic amines) is 1. The second-order valence-corrected chi connectivity index (χ2v) is 6.99. The van der Waals surface area contributed by atoms with Gasteiger partial charge in [-0.25, -0.2) is 9.97 Å². The third kappa shape index (κ3) is 2.91. The lowest BCUT2D eigenvalue weighted by Crippen LogP contribution is -2.40. The average molecular weight is 307 g/mol. The Kier molecular flexibility index (Phi) is 4.12. The first-order chi connectivity index (χ1) is 9.74. The van der Waals surface area contributed by atoms with Crippen molar-refractivity contribution in [3.63, 3.8) is 0 Å². The van der Waals surface area contributed by atoms with Crippen LogP contribution < -0.4 is 0 Å². The first kappa shape index (κ1) is 13.7. The molecule has 106 valence electrons. The van der Waals surface area contributed by atoms with E-state index >= 15 is 0 Å². The van der Waals surface area contributed by atoms with Crippen LogP contribution in [0.25, 0.3) is 0 Å². The molecule has 0 saturated carbocycles. The van der Waals surface area contributed by atoms with Gasteiger partial charge in [-0.2, -0.15) is 0 Å². The van der Waals surface area contributed by atoms with Crippen LogP contribution in [0.5, 0.6) is 0 Å². The smallest absolute Gasteiger partial charge is 0.265 e. The average Bonchev–Trinajstić information content (AvgIpc) is 3.10. The fraction of sp³-hybridized carbons (Fsp3) is 0.500. The van der Waals surface area contributed by atoms with Crippen molar-refractivity contribution in [2.75, 3.05) is 13.1 Å². The lowest BCUT2D eigenvalue weighted by Gasteiger charge is -2.32. The highest BCUT2D eigenvalue weighted by Gasteiger charge is 2.26. The van der Waals surface area contributed by atoms with Gasteiger partial charge in [-0.05, 0) is 25.7 Å². The highest BCUT2D eigenvalue weighted by Crippen LogP contribution is 2.24. The van der Waals surface area contributed by atoms with E-state index in [0.29, 0.717) is 5.92 Å². The van der Waals surface area contributed by atoms with E-state index in [0.717, 1.165) is 36.5 Å². The zero-order chi connectivity index (χ0) is 13.9. The number of amides is 1. The molecule has 1 amide bonds. The molecule has 6 heteroatoms. The van der Waals surface area contributed by atoms with Gasteiger partial charge >= 0.3 is 0 Å². The fourth-order valence-corrected chi connectivity index (χ4v) is 4.17. The molecule has 1 saturated heterocycles. The number of carbonyl (C=O) groups is 1. The van der Waals surface area contributed by atoms with Gasteiger partial charge in [0.05, 0.1) is 16.2 Å². The number of carbonyl (C=O) groups excluding carboxylic acids is 1. The summed E-state index contributed by atoms with van der Waals surface area (Å²) in [5.41, 5.74) is 2.60. The molecule has 0 unspecified atom stereocenters. The van der Waals surface area contributed by atoms with E-state index in [1.54, 1.807) is 16.8 Å². The maximum absolute atomic E-state index is 12.5. The summed E-state index contributed by atoms with van der Waals surface area (Å²) in [7, 11) is 0. The molecule has 4 nitrogen and oxygen atoms in total. The van der Waals surface area contributed by atoms with Crippen molar-refractivity contribution < 1.29 is 4.79 Å².